The molecule has 1 heterocycles. The van der Waals surface area contributed by atoms with Gasteiger partial charge in [-0.2, -0.15) is 0 Å². The van der Waals surface area contributed by atoms with Crippen molar-refractivity contribution in [1.82, 2.24) is 25.4 Å². The second-order valence-electron chi connectivity index (χ2n) is 6.62. The number of nitrogens with one attached hydrogen (secondary N) is 2. The molecule has 0 aliphatic rings. The first-order valence-electron chi connectivity index (χ1n) is 9.84. The largest absolute Gasteiger partial charge is 0.338 e. The molecular formula is C22H25N5O2S. The van der Waals surface area contributed by atoms with Gasteiger partial charge in [0.05, 0.1) is 0 Å². The molecule has 7 nitrogen and oxygen atoms in total. The second-order valence-corrected chi connectivity index (χ2v) is 7.69. The fourth-order valence-electron chi connectivity index (χ4n) is 3.07. The number of hydrogen-bond acceptors (Lipinski definition) is 5. The number of thioether (sulfide) groups is 1. The number of amides is 3. The summed E-state index contributed by atoms with van der Waals surface area (Å²) in [5.74, 6) is 0.356. The summed E-state index contributed by atoms with van der Waals surface area (Å²) >= 11 is 1.28. The van der Waals surface area contributed by atoms with Crippen molar-refractivity contribution in [2.24, 2.45) is 0 Å². The van der Waals surface area contributed by atoms with Crippen molar-refractivity contribution in [2.45, 2.75) is 37.7 Å². The number of hydrogen-bond donors (Lipinski definition) is 2. The van der Waals surface area contributed by atoms with E-state index in [1.54, 1.807) is 6.92 Å². The summed E-state index contributed by atoms with van der Waals surface area (Å²) in [5.41, 5.74) is 2.89. The molecule has 0 saturated carbocycles. The number of nitrogens with zero attached hydrogens (tertiary/aromatic N) is 3. The van der Waals surface area contributed by atoms with Crippen molar-refractivity contribution in [3.8, 4) is 11.4 Å². The van der Waals surface area contributed by atoms with Gasteiger partial charge in [0.15, 0.2) is 11.0 Å². The van der Waals surface area contributed by atoms with Gasteiger partial charge >= 0.3 is 6.03 Å². The van der Waals surface area contributed by atoms with Crippen LogP contribution in [0.4, 0.5) is 4.79 Å². The molecule has 0 bridgehead atoms. The van der Waals surface area contributed by atoms with Crippen molar-refractivity contribution in [3.63, 3.8) is 0 Å². The average molecular weight is 424 g/mol. The third-order valence-electron chi connectivity index (χ3n) is 4.56. The molecule has 0 unspecified atom stereocenters. The van der Waals surface area contributed by atoms with E-state index in [0.717, 1.165) is 22.5 Å². The molecular weight excluding hydrogens is 398 g/mol. The molecule has 2 N–H and O–H groups in total. The van der Waals surface area contributed by atoms with Crippen LogP contribution in [0.2, 0.25) is 0 Å². The highest BCUT2D eigenvalue weighted by Gasteiger charge is 2.27. The molecule has 8 heteroatoms. The summed E-state index contributed by atoms with van der Waals surface area (Å²) in [6.07, 6.45) is 0. The summed E-state index contributed by atoms with van der Waals surface area (Å²) < 4.78 is 1.99. The van der Waals surface area contributed by atoms with Gasteiger partial charge in [-0.05, 0) is 31.9 Å². The zero-order valence-electron chi connectivity index (χ0n) is 17.3. The van der Waals surface area contributed by atoms with Gasteiger partial charge in [-0.15, -0.1) is 10.2 Å². The third kappa shape index (κ3) is 4.88. The maximum atomic E-state index is 12.9. The number of urea groups is 1. The fourth-order valence-corrected chi connectivity index (χ4v) is 4.17. The Morgan fingerprint density at radius 1 is 1.03 bits per heavy atom. The summed E-state index contributed by atoms with van der Waals surface area (Å²) in [7, 11) is 0. The second kappa shape index (κ2) is 10.1. The van der Waals surface area contributed by atoms with Crippen LogP contribution < -0.4 is 10.6 Å². The number of imide groups is 1. The predicted octanol–water partition coefficient (Wildman–Crippen LogP) is 3.95. The molecule has 0 saturated heterocycles. The first-order valence-corrected chi connectivity index (χ1v) is 10.7. The smallest absolute Gasteiger partial charge is 0.321 e. The lowest BCUT2D eigenvalue weighted by atomic mass is 10.1. The molecule has 0 fully saturated rings. The van der Waals surface area contributed by atoms with Crippen LogP contribution in [0.25, 0.3) is 11.4 Å². The maximum absolute atomic E-state index is 12.9. The van der Waals surface area contributed by atoms with E-state index in [0.29, 0.717) is 18.2 Å². The number of carbonyl (C=O) groups is 2. The van der Waals surface area contributed by atoms with Crippen LogP contribution in [0.1, 0.15) is 30.2 Å². The molecule has 30 heavy (non-hydrogen) atoms. The molecule has 3 rings (SSSR count). The van der Waals surface area contributed by atoms with Crippen LogP contribution in [-0.4, -0.2) is 33.2 Å². The van der Waals surface area contributed by atoms with Crippen molar-refractivity contribution in [2.75, 3.05) is 6.54 Å². The lowest BCUT2D eigenvalue weighted by Gasteiger charge is -2.17. The van der Waals surface area contributed by atoms with E-state index in [2.05, 4.69) is 20.8 Å². The Kier molecular flexibility index (Phi) is 7.24. The van der Waals surface area contributed by atoms with E-state index in [-0.39, 0.29) is 0 Å². The molecule has 0 radical (unpaired) electrons. The van der Waals surface area contributed by atoms with Crippen LogP contribution >= 0.6 is 11.8 Å². The van der Waals surface area contributed by atoms with Crippen LogP contribution in [0, 0.1) is 6.92 Å². The number of benzene rings is 2. The van der Waals surface area contributed by atoms with Gasteiger partial charge in [-0.25, -0.2) is 4.79 Å². The first kappa shape index (κ1) is 21.6. The molecule has 156 valence electrons. The SMILES string of the molecule is CCNC(=O)NC(=O)[C@H](Sc1nnc(-c2ccccc2C)n1CC)c1ccccc1. The molecule has 0 aliphatic heterocycles. The summed E-state index contributed by atoms with van der Waals surface area (Å²) in [6, 6.07) is 16.8. The Labute approximate surface area is 180 Å². The number of carbonyl (C=O) groups excluding carboxylic acids is 2. The lowest BCUT2D eigenvalue weighted by molar-refractivity contribution is -0.119. The number of rotatable bonds is 7. The Balaban J connectivity index is 1.94. The monoisotopic (exact) mass is 423 g/mol. The van der Waals surface area contributed by atoms with Crippen molar-refractivity contribution >= 4 is 23.7 Å². The highest BCUT2D eigenvalue weighted by atomic mass is 32.2. The van der Waals surface area contributed by atoms with Gasteiger partial charge in [-0.1, -0.05) is 66.4 Å². The maximum Gasteiger partial charge on any atom is 0.321 e. The number of aromatic nitrogens is 3. The third-order valence-corrected chi connectivity index (χ3v) is 5.79. The highest BCUT2D eigenvalue weighted by Crippen LogP contribution is 2.36. The molecule has 2 aromatic carbocycles. The summed E-state index contributed by atoms with van der Waals surface area (Å²) in [5, 5.41) is 13.7. The van der Waals surface area contributed by atoms with E-state index >= 15 is 0 Å². The van der Waals surface area contributed by atoms with Crippen molar-refractivity contribution < 1.29 is 9.59 Å². The topological polar surface area (TPSA) is 88.9 Å². The van der Waals surface area contributed by atoms with Crippen LogP contribution in [0.15, 0.2) is 59.8 Å². The van der Waals surface area contributed by atoms with Crippen LogP contribution in [0.3, 0.4) is 0 Å². The molecule has 1 aromatic heterocycles. The van der Waals surface area contributed by atoms with Crippen molar-refractivity contribution in [3.05, 3.63) is 65.7 Å². The highest BCUT2D eigenvalue weighted by molar-refractivity contribution is 8.00. The first-order chi connectivity index (χ1) is 14.5. The van der Waals surface area contributed by atoms with Crippen LogP contribution in [-0.2, 0) is 11.3 Å². The summed E-state index contributed by atoms with van der Waals surface area (Å²) in [6.45, 7) is 6.93. The Morgan fingerprint density at radius 3 is 2.40 bits per heavy atom. The van der Waals surface area contributed by atoms with Gasteiger partial charge in [0.2, 0.25) is 5.91 Å². The van der Waals surface area contributed by atoms with Crippen molar-refractivity contribution in [1.29, 1.82) is 0 Å². The number of aryl methyl sites for hydroxylation is 1. The minimum absolute atomic E-state index is 0.403. The molecule has 3 amide bonds. The average Bonchev–Trinajstić information content (AvgIpc) is 3.15. The zero-order chi connectivity index (χ0) is 21.5. The molecule has 0 spiro atoms. The standard InChI is InChI=1S/C22H25N5O2S/c1-4-23-21(29)24-20(28)18(16-12-7-6-8-13-16)30-22-26-25-19(27(22)5-2)17-14-10-9-11-15(17)3/h6-14,18H,4-5H2,1-3H3,(H2,23,24,28,29)/t18-/m1/s1. The summed E-state index contributed by atoms with van der Waals surface area (Å²) in [4.78, 5) is 24.8. The van der Waals surface area contributed by atoms with E-state index in [1.165, 1.54) is 11.8 Å². The predicted molar refractivity (Wildman–Crippen MR) is 118 cm³/mol. The van der Waals surface area contributed by atoms with Gasteiger partial charge in [0.1, 0.15) is 5.25 Å². The van der Waals surface area contributed by atoms with Gasteiger partial charge in [0, 0.05) is 18.7 Å². The van der Waals surface area contributed by atoms with E-state index in [4.69, 9.17) is 0 Å². The normalized spacial score (nSPS) is 11.7. The quantitative estimate of drug-likeness (QED) is 0.562. The Morgan fingerprint density at radius 2 is 1.73 bits per heavy atom. The molecule has 0 aliphatic carbocycles. The van der Waals surface area contributed by atoms with Gasteiger partial charge < -0.3 is 9.88 Å². The van der Waals surface area contributed by atoms with E-state index in [1.807, 2.05) is 73.0 Å². The minimum Gasteiger partial charge on any atom is -0.338 e. The van der Waals surface area contributed by atoms with E-state index in [9.17, 15) is 9.59 Å². The zero-order valence-corrected chi connectivity index (χ0v) is 18.1. The minimum atomic E-state index is -0.645. The lowest BCUT2D eigenvalue weighted by Crippen LogP contribution is -2.41. The van der Waals surface area contributed by atoms with Gasteiger partial charge in [-0.3, -0.25) is 10.1 Å². The van der Waals surface area contributed by atoms with Crippen LogP contribution in [0.5, 0.6) is 0 Å². The van der Waals surface area contributed by atoms with Gasteiger partial charge in [0.25, 0.3) is 0 Å². The Bertz CT molecular complexity index is 1020. The molecule has 3 aromatic rings. The molecule has 1 atom stereocenters. The Hall–Kier alpha value is -3.13. The van der Waals surface area contributed by atoms with E-state index < -0.39 is 17.2 Å². The fraction of sp³-hybridized carbons (Fsp3) is 0.273.